The molecule has 1 heterocycles. The van der Waals surface area contributed by atoms with Crippen LogP contribution in [0.2, 0.25) is 0 Å². The van der Waals surface area contributed by atoms with Crippen molar-refractivity contribution in [1.82, 2.24) is 10.2 Å². The zero-order valence-electron chi connectivity index (χ0n) is 23.7. The summed E-state index contributed by atoms with van der Waals surface area (Å²) in [6.07, 6.45) is 11.2. The Morgan fingerprint density at radius 2 is 1.74 bits per heavy atom. The fourth-order valence-corrected chi connectivity index (χ4v) is 6.07. The minimum atomic E-state index is -0.487. The summed E-state index contributed by atoms with van der Waals surface area (Å²) in [5, 5.41) is 3.32. The molecule has 7 heteroatoms. The van der Waals surface area contributed by atoms with Crippen molar-refractivity contribution in [3.05, 3.63) is 35.9 Å². The first-order valence-corrected chi connectivity index (χ1v) is 14.9. The Hall–Kier alpha value is -2.41. The highest BCUT2D eigenvalue weighted by Gasteiger charge is 2.49. The lowest BCUT2D eigenvalue weighted by atomic mass is 9.95. The first kappa shape index (κ1) is 30.1. The molecule has 1 aliphatic carbocycles. The fraction of sp³-hybridized carbons (Fsp3) is 0.710. The van der Waals surface area contributed by atoms with E-state index in [1.165, 1.54) is 25.7 Å². The van der Waals surface area contributed by atoms with Crippen LogP contribution in [0.25, 0.3) is 0 Å². The summed E-state index contributed by atoms with van der Waals surface area (Å²) in [5.41, 5.74) is 0.910. The van der Waals surface area contributed by atoms with E-state index in [0.29, 0.717) is 38.5 Å². The maximum atomic E-state index is 13.6. The van der Waals surface area contributed by atoms with Gasteiger partial charge in [-0.2, -0.15) is 0 Å². The van der Waals surface area contributed by atoms with Gasteiger partial charge in [0.25, 0.3) is 0 Å². The molecule has 0 bridgehead atoms. The van der Waals surface area contributed by atoms with Crippen LogP contribution in [-0.2, 0) is 23.9 Å². The molecule has 1 aromatic rings. The van der Waals surface area contributed by atoms with E-state index in [9.17, 15) is 14.4 Å². The van der Waals surface area contributed by atoms with Gasteiger partial charge in [-0.25, -0.2) is 4.79 Å². The highest BCUT2D eigenvalue weighted by atomic mass is 16.5. The molecule has 2 aliphatic rings. The van der Waals surface area contributed by atoms with Crippen LogP contribution in [-0.4, -0.2) is 60.6 Å². The number of nitrogens with zero attached hydrogens (tertiary/aromatic N) is 1. The zero-order valence-corrected chi connectivity index (χ0v) is 23.7. The first-order valence-electron chi connectivity index (χ1n) is 14.9. The van der Waals surface area contributed by atoms with Gasteiger partial charge >= 0.3 is 11.9 Å². The van der Waals surface area contributed by atoms with Gasteiger partial charge in [0, 0.05) is 6.04 Å². The Morgan fingerprint density at radius 1 is 1.00 bits per heavy atom. The number of hydrogen-bond acceptors (Lipinski definition) is 6. The number of benzene rings is 1. The monoisotopic (exact) mass is 528 g/mol. The molecule has 212 valence electrons. The molecule has 1 aromatic carbocycles. The molecule has 0 spiro atoms. The van der Waals surface area contributed by atoms with E-state index in [2.05, 4.69) is 12.2 Å². The lowest BCUT2D eigenvalue weighted by Crippen LogP contribution is -2.52. The molecular formula is C31H48N2O5. The predicted octanol–water partition coefficient (Wildman–Crippen LogP) is 5.37. The Kier molecular flexibility index (Phi) is 12.6. The molecule has 1 amide bonds. The van der Waals surface area contributed by atoms with Crippen LogP contribution in [0.4, 0.5) is 0 Å². The van der Waals surface area contributed by atoms with E-state index in [1.54, 1.807) is 6.92 Å². The second-order valence-electron chi connectivity index (χ2n) is 10.9. The highest BCUT2D eigenvalue weighted by molar-refractivity contribution is 5.88. The molecule has 1 saturated heterocycles. The maximum absolute atomic E-state index is 13.6. The summed E-state index contributed by atoms with van der Waals surface area (Å²) in [6, 6.07) is 8.79. The number of unbranched alkanes of at least 4 members (excludes halogenated alkanes) is 5. The quantitative estimate of drug-likeness (QED) is 0.229. The van der Waals surface area contributed by atoms with Gasteiger partial charge in [0.2, 0.25) is 5.91 Å². The molecule has 1 N–H and O–H groups in total. The van der Waals surface area contributed by atoms with Gasteiger partial charge in [0.15, 0.2) is 0 Å². The van der Waals surface area contributed by atoms with Gasteiger partial charge in [-0.3, -0.25) is 9.59 Å². The van der Waals surface area contributed by atoms with Crippen molar-refractivity contribution in [2.45, 2.75) is 115 Å². The summed E-state index contributed by atoms with van der Waals surface area (Å²) in [6.45, 7) is 7.11. The van der Waals surface area contributed by atoms with Gasteiger partial charge in [-0.05, 0) is 64.0 Å². The van der Waals surface area contributed by atoms with Crippen LogP contribution >= 0.6 is 0 Å². The summed E-state index contributed by atoms with van der Waals surface area (Å²) in [5.74, 6) is -0.556. The standard InChI is InChI=1S/C31H48N2O5/c1-4-6-7-8-9-13-21-38-31(36)28-22-25-17-14-18-27(25)33(28)29(34)23(3)32-20-19-26(30(35)37-5-2)24-15-11-10-12-16-24/h10-12,15-16,23,25-28,32H,4-9,13-14,17-22H2,1-3H3/t23-,25-,26?,27-,28-/m0/s1. The molecular weight excluding hydrogens is 480 g/mol. The number of esters is 2. The third-order valence-electron chi connectivity index (χ3n) is 8.13. The first-order chi connectivity index (χ1) is 18.5. The molecule has 2 fully saturated rings. The van der Waals surface area contributed by atoms with Gasteiger partial charge in [0.1, 0.15) is 6.04 Å². The van der Waals surface area contributed by atoms with E-state index >= 15 is 0 Å². The Balaban J connectivity index is 1.54. The van der Waals surface area contributed by atoms with Gasteiger partial charge < -0.3 is 19.7 Å². The number of likely N-dealkylation sites (tertiary alicyclic amines) is 1. The largest absolute Gasteiger partial charge is 0.466 e. The number of carbonyl (C=O) groups excluding carboxylic acids is 3. The molecule has 1 saturated carbocycles. The van der Waals surface area contributed by atoms with Crippen molar-refractivity contribution in [1.29, 1.82) is 0 Å². The third kappa shape index (κ3) is 8.29. The van der Waals surface area contributed by atoms with Crippen LogP contribution < -0.4 is 5.32 Å². The molecule has 38 heavy (non-hydrogen) atoms. The second kappa shape index (κ2) is 15.9. The normalized spacial score (nSPS) is 22.1. The number of nitrogens with one attached hydrogen (secondary N) is 1. The smallest absolute Gasteiger partial charge is 0.328 e. The Bertz CT molecular complexity index is 876. The van der Waals surface area contributed by atoms with Gasteiger partial charge in [-0.1, -0.05) is 75.8 Å². The maximum Gasteiger partial charge on any atom is 0.328 e. The lowest BCUT2D eigenvalue weighted by molar-refractivity contribution is -0.155. The molecule has 1 aliphatic heterocycles. The molecule has 3 rings (SSSR count). The number of carbonyl (C=O) groups is 3. The molecule has 0 aromatic heterocycles. The topological polar surface area (TPSA) is 84.9 Å². The van der Waals surface area contributed by atoms with E-state index in [0.717, 1.165) is 37.7 Å². The SMILES string of the molecule is CCCCCCCCOC(=O)[C@@H]1C[C@@H]2CCC[C@@H]2N1C(=O)[C@H](C)NCCC(C(=O)OCC)c1ccccc1. The van der Waals surface area contributed by atoms with E-state index in [4.69, 9.17) is 9.47 Å². The number of amides is 1. The highest BCUT2D eigenvalue weighted by Crippen LogP contribution is 2.42. The van der Waals surface area contributed by atoms with E-state index in [-0.39, 0.29) is 29.8 Å². The van der Waals surface area contributed by atoms with Gasteiger partial charge in [-0.15, -0.1) is 0 Å². The molecule has 5 atom stereocenters. The number of ether oxygens (including phenoxy) is 2. The average molecular weight is 529 g/mol. The molecule has 0 radical (unpaired) electrons. The van der Waals surface area contributed by atoms with Crippen LogP contribution in [0.5, 0.6) is 0 Å². The van der Waals surface area contributed by atoms with Crippen LogP contribution in [0.15, 0.2) is 30.3 Å². The van der Waals surface area contributed by atoms with Crippen LogP contribution in [0, 0.1) is 5.92 Å². The lowest BCUT2D eigenvalue weighted by Gasteiger charge is -2.31. The van der Waals surface area contributed by atoms with Crippen molar-refractivity contribution in [2.24, 2.45) is 5.92 Å². The minimum absolute atomic E-state index is 0.0479. The van der Waals surface area contributed by atoms with Crippen molar-refractivity contribution in [3.63, 3.8) is 0 Å². The summed E-state index contributed by atoms with van der Waals surface area (Å²) >= 11 is 0. The van der Waals surface area contributed by atoms with Crippen molar-refractivity contribution in [2.75, 3.05) is 19.8 Å². The molecule has 7 nitrogen and oxygen atoms in total. The third-order valence-corrected chi connectivity index (χ3v) is 8.13. The van der Waals surface area contributed by atoms with Crippen molar-refractivity contribution >= 4 is 17.8 Å². The predicted molar refractivity (Wildman–Crippen MR) is 149 cm³/mol. The van der Waals surface area contributed by atoms with Crippen LogP contribution in [0.3, 0.4) is 0 Å². The molecule has 1 unspecified atom stereocenters. The van der Waals surface area contributed by atoms with Crippen molar-refractivity contribution < 1.29 is 23.9 Å². The van der Waals surface area contributed by atoms with E-state index < -0.39 is 12.1 Å². The van der Waals surface area contributed by atoms with E-state index in [1.807, 2.05) is 42.2 Å². The zero-order chi connectivity index (χ0) is 27.3. The van der Waals surface area contributed by atoms with Gasteiger partial charge in [0.05, 0.1) is 25.2 Å². The average Bonchev–Trinajstić information content (AvgIpc) is 3.52. The number of fused-ring (bicyclic) bond motifs is 1. The number of hydrogen-bond donors (Lipinski definition) is 1. The Morgan fingerprint density at radius 3 is 2.47 bits per heavy atom. The summed E-state index contributed by atoms with van der Waals surface area (Å²) in [7, 11) is 0. The Labute approximate surface area is 229 Å². The summed E-state index contributed by atoms with van der Waals surface area (Å²) < 4.78 is 11.0. The number of rotatable bonds is 16. The minimum Gasteiger partial charge on any atom is -0.466 e. The second-order valence-corrected chi connectivity index (χ2v) is 10.9. The van der Waals surface area contributed by atoms with Crippen LogP contribution in [0.1, 0.15) is 103 Å². The summed E-state index contributed by atoms with van der Waals surface area (Å²) in [4.78, 5) is 41.1. The van der Waals surface area contributed by atoms with Crippen molar-refractivity contribution in [3.8, 4) is 0 Å². The fourth-order valence-electron chi connectivity index (χ4n) is 6.07.